The molecule has 0 fully saturated rings. The van der Waals surface area contributed by atoms with Gasteiger partial charge >= 0.3 is 17.1 Å². The summed E-state index contributed by atoms with van der Waals surface area (Å²) in [5, 5.41) is 18.2. The molecule has 0 N–H and O–H groups in total. The van der Waals surface area contributed by atoms with Crippen LogP contribution in [0.15, 0.2) is 60.7 Å². The molecule has 0 unspecified atom stereocenters. The van der Waals surface area contributed by atoms with Crippen LogP contribution in [0.2, 0.25) is 0 Å². The van der Waals surface area contributed by atoms with Crippen molar-refractivity contribution in [2.45, 2.75) is 0 Å². The summed E-state index contributed by atoms with van der Waals surface area (Å²) in [7, 11) is 1.73. The van der Waals surface area contributed by atoms with Crippen molar-refractivity contribution in [3.05, 3.63) is 102 Å². The van der Waals surface area contributed by atoms with Crippen molar-refractivity contribution in [1.29, 1.82) is 10.5 Å². The zero-order chi connectivity index (χ0) is 19.8. The molecule has 0 aliphatic heterocycles. The van der Waals surface area contributed by atoms with Gasteiger partial charge in [0.1, 0.15) is 18.0 Å². The maximum Gasteiger partial charge on any atom is 2.00 e. The summed E-state index contributed by atoms with van der Waals surface area (Å²) in [5.41, 5.74) is 3.12. The second kappa shape index (κ2) is 10.7. The van der Waals surface area contributed by atoms with Gasteiger partial charge in [-0.3, -0.25) is 0 Å². The third-order valence-corrected chi connectivity index (χ3v) is 4.02. The number of rotatable bonds is 1. The van der Waals surface area contributed by atoms with E-state index in [1.54, 1.807) is 11.6 Å². The van der Waals surface area contributed by atoms with E-state index in [9.17, 15) is 0 Å². The topological polar surface area (TPSA) is 65.4 Å². The van der Waals surface area contributed by atoms with E-state index in [0.29, 0.717) is 5.82 Å². The number of nitriles is 2. The summed E-state index contributed by atoms with van der Waals surface area (Å²) in [6.07, 6.45) is 10.0. The first kappa shape index (κ1) is 21.7. The van der Waals surface area contributed by atoms with E-state index in [-0.39, 0.29) is 28.5 Å². The van der Waals surface area contributed by atoms with Crippen molar-refractivity contribution >= 4 is 0 Å². The number of aromatic nitrogens is 2. The Morgan fingerprint density at radius 3 is 2.31 bits per heavy atom. The first-order chi connectivity index (χ1) is 13.7. The summed E-state index contributed by atoms with van der Waals surface area (Å²) < 4.78 is 1.63. The summed E-state index contributed by atoms with van der Waals surface area (Å²) in [5.74, 6) is 6.77. The molecule has 140 valence electrons. The molecule has 1 heterocycles. The largest absolute Gasteiger partial charge is 2.00 e. The van der Waals surface area contributed by atoms with Gasteiger partial charge in [0.05, 0.1) is 0 Å². The van der Waals surface area contributed by atoms with E-state index in [0.717, 1.165) is 16.7 Å². The Balaban J connectivity index is 0.000000437. The molecule has 3 aromatic rings. The minimum absolute atomic E-state index is 0. The van der Waals surface area contributed by atoms with Gasteiger partial charge in [-0.15, -0.1) is 30.4 Å². The van der Waals surface area contributed by atoms with Gasteiger partial charge in [0, 0.05) is 18.2 Å². The Hall–Kier alpha value is -3.55. The van der Waals surface area contributed by atoms with Gasteiger partial charge in [-0.05, 0) is 12.1 Å². The molecule has 0 saturated carbocycles. The van der Waals surface area contributed by atoms with Crippen LogP contribution < -0.4 is 0 Å². The Bertz CT molecular complexity index is 1100. The first-order valence-corrected chi connectivity index (χ1v) is 8.60. The second-order valence-corrected chi connectivity index (χ2v) is 5.88. The van der Waals surface area contributed by atoms with Crippen LogP contribution in [0.3, 0.4) is 0 Å². The molecule has 0 spiro atoms. The van der Waals surface area contributed by atoms with Gasteiger partial charge in [0.25, 0.3) is 0 Å². The Morgan fingerprint density at radius 1 is 1.03 bits per heavy atom. The Morgan fingerprint density at radius 2 is 1.83 bits per heavy atom. The Labute approximate surface area is 182 Å². The summed E-state index contributed by atoms with van der Waals surface area (Å²) in [4.78, 5) is 4.23. The Kier molecular flexibility index (Phi) is 8.02. The van der Waals surface area contributed by atoms with Gasteiger partial charge in [0.2, 0.25) is 0 Å². The molecule has 5 heteroatoms. The number of hydrogen-bond donors (Lipinski definition) is 0. The standard InChI is InChI=1S/C19H11N4.C5H5.Fe/c1-23-18(13-21)17(12-20)22-19(23)16-10-8-15(9-11-16)7-6-14-4-2-3-5-14;1-2-4-5-3-1;/h2-5,8-11H,1H3;1-5H;/q2*-1;+2. The van der Waals surface area contributed by atoms with E-state index >= 15 is 0 Å². The molecule has 29 heavy (non-hydrogen) atoms. The molecular formula is C24H16FeN4. The zero-order valence-electron chi connectivity index (χ0n) is 15.6. The van der Waals surface area contributed by atoms with Crippen LogP contribution in [0.25, 0.3) is 11.4 Å². The van der Waals surface area contributed by atoms with Crippen molar-refractivity contribution in [3.63, 3.8) is 0 Å². The monoisotopic (exact) mass is 416 g/mol. The SMILES string of the molecule is Cn1c(-c2ccc(C#Cc3ccc[cH-]3)cc2)nc(C#N)c1C#N.[CH]1[CH][CH-]C=C1.[Fe+2]. The molecule has 0 atom stereocenters. The van der Waals surface area contributed by atoms with Crippen molar-refractivity contribution in [2.24, 2.45) is 7.05 Å². The fourth-order valence-corrected chi connectivity index (χ4v) is 2.59. The molecule has 0 saturated heterocycles. The van der Waals surface area contributed by atoms with Gasteiger partial charge in [-0.25, -0.2) is 23.6 Å². The second-order valence-electron chi connectivity index (χ2n) is 5.88. The van der Waals surface area contributed by atoms with Gasteiger partial charge in [-0.2, -0.15) is 34.6 Å². The minimum Gasteiger partial charge on any atom is -0.318 e. The number of benzene rings is 1. The van der Waals surface area contributed by atoms with Gasteiger partial charge in [-0.1, -0.05) is 12.1 Å². The maximum atomic E-state index is 9.11. The van der Waals surface area contributed by atoms with Crippen LogP contribution in [0.4, 0.5) is 0 Å². The number of nitrogens with zero attached hydrogens (tertiary/aromatic N) is 4. The van der Waals surface area contributed by atoms with Gasteiger partial charge in [0.15, 0.2) is 11.4 Å². The molecule has 4 nitrogen and oxygen atoms in total. The van der Waals surface area contributed by atoms with Crippen LogP contribution in [0.5, 0.6) is 0 Å². The number of imidazole rings is 1. The molecule has 1 aromatic heterocycles. The van der Waals surface area contributed by atoms with Crippen LogP contribution in [0, 0.1) is 53.8 Å². The van der Waals surface area contributed by atoms with Crippen LogP contribution in [0.1, 0.15) is 22.5 Å². The van der Waals surface area contributed by atoms with E-state index in [1.807, 2.05) is 92.1 Å². The average Bonchev–Trinajstić information content (AvgIpc) is 3.49. The van der Waals surface area contributed by atoms with E-state index in [4.69, 9.17) is 10.5 Å². The molecule has 1 aliphatic carbocycles. The molecule has 0 amide bonds. The smallest absolute Gasteiger partial charge is 0.318 e. The number of hydrogen-bond acceptors (Lipinski definition) is 3. The van der Waals surface area contributed by atoms with E-state index in [2.05, 4.69) is 16.8 Å². The summed E-state index contributed by atoms with van der Waals surface area (Å²) in [6, 6.07) is 19.4. The quantitative estimate of drug-likeness (QED) is 0.341. The van der Waals surface area contributed by atoms with Crippen molar-refractivity contribution in [1.82, 2.24) is 9.55 Å². The maximum absolute atomic E-state index is 9.11. The van der Waals surface area contributed by atoms with Crippen molar-refractivity contribution < 1.29 is 17.1 Å². The summed E-state index contributed by atoms with van der Waals surface area (Å²) in [6.45, 7) is 0. The van der Waals surface area contributed by atoms with Gasteiger partial charge < -0.3 is 4.57 Å². The molecular weight excluding hydrogens is 400 g/mol. The fourth-order valence-electron chi connectivity index (χ4n) is 2.59. The fraction of sp³-hybridized carbons (Fsp3) is 0.0417. The van der Waals surface area contributed by atoms with Crippen molar-refractivity contribution in [2.75, 3.05) is 0 Å². The van der Waals surface area contributed by atoms with Crippen LogP contribution in [-0.2, 0) is 24.1 Å². The third kappa shape index (κ3) is 5.47. The predicted octanol–water partition coefficient (Wildman–Crippen LogP) is 4.12. The molecule has 4 rings (SSSR count). The zero-order valence-corrected chi connectivity index (χ0v) is 16.8. The summed E-state index contributed by atoms with van der Waals surface area (Å²) >= 11 is 0. The number of allylic oxidation sites excluding steroid dienone is 2. The van der Waals surface area contributed by atoms with E-state index < -0.39 is 0 Å². The normalized spacial score (nSPS) is 10.9. The average molecular weight is 416 g/mol. The molecule has 1 aliphatic rings. The molecule has 2 radical (unpaired) electrons. The molecule has 0 bridgehead atoms. The third-order valence-electron chi connectivity index (χ3n) is 4.02. The molecule has 2 aromatic carbocycles. The van der Waals surface area contributed by atoms with Crippen LogP contribution >= 0.6 is 0 Å². The predicted molar refractivity (Wildman–Crippen MR) is 108 cm³/mol. The van der Waals surface area contributed by atoms with Crippen molar-refractivity contribution in [3.8, 4) is 35.4 Å². The van der Waals surface area contributed by atoms with Crippen LogP contribution in [-0.4, -0.2) is 9.55 Å². The first-order valence-electron chi connectivity index (χ1n) is 8.60. The minimum atomic E-state index is 0. The van der Waals surface area contributed by atoms with E-state index in [1.165, 1.54) is 0 Å².